The number of furan rings is 1. The molecule has 0 aliphatic carbocycles. The van der Waals surface area contributed by atoms with Crippen LogP contribution < -0.4 is 0 Å². The molecule has 0 unspecified atom stereocenters. The van der Waals surface area contributed by atoms with Crippen LogP contribution in [-0.4, -0.2) is 12.0 Å². The van der Waals surface area contributed by atoms with Gasteiger partial charge >= 0.3 is 6.18 Å². The quantitative estimate of drug-likeness (QED) is 0.827. The number of Topliss-reactive ketones (excluding diaryl/α,β-unsaturated/α-hetero) is 1. The molecule has 1 aromatic rings. The van der Waals surface area contributed by atoms with Crippen LogP contribution >= 0.6 is 15.9 Å². The first-order chi connectivity index (χ1) is 6.30. The molecule has 0 aromatic carbocycles. The number of alkyl halides is 3. The standard InChI is InChI=1S/C8H6BrF3O2/c1-4-2-7(9)14-5(4)3-6(13)8(10,11)12/h2H,3H2,1H3. The van der Waals surface area contributed by atoms with Crippen LogP contribution in [0.1, 0.15) is 11.3 Å². The van der Waals surface area contributed by atoms with Crippen LogP contribution in [0.2, 0.25) is 0 Å². The van der Waals surface area contributed by atoms with Gasteiger partial charge in [-0.15, -0.1) is 0 Å². The van der Waals surface area contributed by atoms with E-state index in [1.54, 1.807) is 6.92 Å². The van der Waals surface area contributed by atoms with Gasteiger partial charge in [-0.3, -0.25) is 4.79 Å². The zero-order chi connectivity index (χ0) is 10.9. The first-order valence-electron chi connectivity index (χ1n) is 3.65. The van der Waals surface area contributed by atoms with Gasteiger partial charge in [0.05, 0.1) is 6.42 Å². The molecule has 0 saturated heterocycles. The SMILES string of the molecule is Cc1cc(Br)oc1CC(=O)C(F)(F)F. The van der Waals surface area contributed by atoms with Gasteiger partial charge in [-0.05, 0) is 34.5 Å². The third-order valence-electron chi connectivity index (χ3n) is 1.63. The van der Waals surface area contributed by atoms with Crippen molar-refractivity contribution in [3.63, 3.8) is 0 Å². The van der Waals surface area contributed by atoms with Crippen LogP contribution in [-0.2, 0) is 11.2 Å². The summed E-state index contributed by atoms with van der Waals surface area (Å²) in [6.45, 7) is 1.58. The van der Waals surface area contributed by atoms with E-state index in [9.17, 15) is 18.0 Å². The summed E-state index contributed by atoms with van der Waals surface area (Å²) < 4.78 is 40.8. The number of ketones is 1. The van der Waals surface area contributed by atoms with Gasteiger partial charge in [0.25, 0.3) is 0 Å². The topological polar surface area (TPSA) is 30.2 Å². The summed E-state index contributed by atoms with van der Waals surface area (Å²) in [6, 6.07) is 1.51. The van der Waals surface area contributed by atoms with Crippen LogP contribution in [0.25, 0.3) is 0 Å². The molecule has 14 heavy (non-hydrogen) atoms. The van der Waals surface area contributed by atoms with E-state index >= 15 is 0 Å². The van der Waals surface area contributed by atoms with Gasteiger partial charge in [0, 0.05) is 0 Å². The van der Waals surface area contributed by atoms with E-state index in [-0.39, 0.29) is 5.76 Å². The summed E-state index contributed by atoms with van der Waals surface area (Å²) in [5.41, 5.74) is 0.523. The van der Waals surface area contributed by atoms with E-state index in [1.165, 1.54) is 6.07 Å². The van der Waals surface area contributed by atoms with E-state index in [0.29, 0.717) is 10.2 Å². The average molecular weight is 271 g/mol. The van der Waals surface area contributed by atoms with Gasteiger partial charge in [-0.1, -0.05) is 0 Å². The lowest BCUT2D eigenvalue weighted by molar-refractivity contribution is -0.170. The second-order valence-electron chi connectivity index (χ2n) is 2.75. The van der Waals surface area contributed by atoms with Gasteiger partial charge in [-0.25, -0.2) is 0 Å². The Morgan fingerprint density at radius 2 is 2.14 bits per heavy atom. The monoisotopic (exact) mass is 270 g/mol. The van der Waals surface area contributed by atoms with Crippen molar-refractivity contribution in [1.29, 1.82) is 0 Å². The Kier molecular flexibility index (Phi) is 3.04. The van der Waals surface area contributed by atoms with Crippen molar-refractivity contribution in [2.24, 2.45) is 0 Å². The molecule has 0 spiro atoms. The molecule has 0 N–H and O–H groups in total. The molecule has 6 heteroatoms. The van der Waals surface area contributed by atoms with Crippen LogP contribution in [0.5, 0.6) is 0 Å². The molecule has 1 aromatic heterocycles. The third-order valence-corrected chi connectivity index (χ3v) is 2.02. The molecule has 0 bridgehead atoms. The van der Waals surface area contributed by atoms with Crippen molar-refractivity contribution in [2.75, 3.05) is 0 Å². The van der Waals surface area contributed by atoms with Gasteiger partial charge in [0.15, 0.2) is 4.67 Å². The van der Waals surface area contributed by atoms with Gasteiger partial charge in [-0.2, -0.15) is 13.2 Å². The highest BCUT2D eigenvalue weighted by atomic mass is 79.9. The molecule has 0 atom stereocenters. The average Bonchev–Trinajstić information content (AvgIpc) is 2.28. The lowest BCUT2D eigenvalue weighted by atomic mass is 10.1. The maximum Gasteiger partial charge on any atom is 0.450 e. The zero-order valence-corrected chi connectivity index (χ0v) is 8.70. The van der Waals surface area contributed by atoms with E-state index < -0.39 is 18.4 Å². The number of carbonyl (C=O) groups is 1. The fourth-order valence-corrected chi connectivity index (χ4v) is 1.44. The summed E-state index contributed by atoms with van der Waals surface area (Å²) in [4.78, 5) is 10.6. The Morgan fingerprint density at radius 1 is 1.57 bits per heavy atom. The first-order valence-corrected chi connectivity index (χ1v) is 4.45. The summed E-state index contributed by atoms with van der Waals surface area (Å²) >= 11 is 2.96. The van der Waals surface area contributed by atoms with Gasteiger partial charge in [0.2, 0.25) is 5.78 Å². The highest BCUT2D eigenvalue weighted by Crippen LogP contribution is 2.24. The van der Waals surface area contributed by atoms with Crippen LogP contribution in [0, 0.1) is 6.92 Å². The van der Waals surface area contributed by atoms with Crippen molar-refractivity contribution < 1.29 is 22.4 Å². The molecule has 1 rings (SSSR count). The van der Waals surface area contributed by atoms with E-state index in [0.717, 1.165) is 0 Å². The largest absolute Gasteiger partial charge is 0.454 e. The Hall–Kier alpha value is -0.780. The Labute approximate surface area is 86.2 Å². The molecule has 0 aliphatic heterocycles. The Morgan fingerprint density at radius 3 is 2.50 bits per heavy atom. The number of rotatable bonds is 2. The van der Waals surface area contributed by atoms with Crippen molar-refractivity contribution >= 4 is 21.7 Å². The zero-order valence-electron chi connectivity index (χ0n) is 7.11. The van der Waals surface area contributed by atoms with Gasteiger partial charge < -0.3 is 4.42 Å². The predicted molar refractivity (Wildman–Crippen MR) is 45.9 cm³/mol. The maximum atomic E-state index is 11.9. The number of carbonyl (C=O) groups excluding carboxylic acids is 1. The van der Waals surface area contributed by atoms with E-state index in [2.05, 4.69) is 15.9 Å². The van der Waals surface area contributed by atoms with Gasteiger partial charge in [0.1, 0.15) is 5.76 Å². The summed E-state index contributed by atoms with van der Waals surface area (Å²) in [5, 5.41) is 0. The fourth-order valence-electron chi connectivity index (χ4n) is 0.900. The van der Waals surface area contributed by atoms with Crippen molar-refractivity contribution in [2.45, 2.75) is 19.5 Å². The first kappa shape index (κ1) is 11.3. The molecule has 1 heterocycles. The van der Waals surface area contributed by atoms with Crippen LogP contribution in [0.15, 0.2) is 15.2 Å². The second-order valence-corrected chi connectivity index (χ2v) is 3.54. The number of hydrogen-bond acceptors (Lipinski definition) is 2. The normalized spacial score (nSPS) is 11.8. The molecule has 0 saturated carbocycles. The smallest absolute Gasteiger partial charge is 0.450 e. The number of aryl methyl sites for hydroxylation is 1. The predicted octanol–water partition coefficient (Wildman–Crippen LogP) is 3.02. The summed E-state index contributed by atoms with van der Waals surface area (Å²) in [5.74, 6) is -1.76. The Bertz CT molecular complexity index is 354. The minimum atomic E-state index is -4.80. The van der Waals surface area contributed by atoms with E-state index in [1.807, 2.05) is 0 Å². The van der Waals surface area contributed by atoms with Crippen molar-refractivity contribution in [3.8, 4) is 0 Å². The number of halogens is 4. The molecular formula is C8H6BrF3O2. The molecule has 0 aliphatic rings. The minimum absolute atomic E-state index is 0.0409. The third kappa shape index (κ3) is 2.60. The second kappa shape index (κ2) is 3.76. The van der Waals surface area contributed by atoms with Crippen molar-refractivity contribution in [1.82, 2.24) is 0 Å². The fraction of sp³-hybridized carbons (Fsp3) is 0.375. The maximum absolute atomic E-state index is 11.9. The number of hydrogen-bond donors (Lipinski definition) is 0. The molecule has 0 amide bonds. The molecule has 78 valence electrons. The molecule has 0 radical (unpaired) electrons. The lowest BCUT2D eigenvalue weighted by Crippen LogP contribution is -2.24. The molecule has 0 fully saturated rings. The summed E-state index contributed by atoms with van der Waals surface area (Å²) in [7, 11) is 0. The van der Waals surface area contributed by atoms with Crippen LogP contribution in [0.3, 0.4) is 0 Å². The van der Waals surface area contributed by atoms with Crippen molar-refractivity contribution in [3.05, 3.63) is 22.1 Å². The highest BCUT2D eigenvalue weighted by molar-refractivity contribution is 9.10. The van der Waals surface area contributed by atoms with Crippen LogP contribution in [0.4, 0.5) is 13.2 Å². The minimum Gasteiger partial charge on any atom is -0.454 e. The highest BCUT2D eigenvalue weighted by Gasteiger charge is 2.38. The van der Waals surface area contributed by atoms with E-state index in [4.69, 9.17) is 4.42 Å². The summed E-state index contributed by atoms with van der Waals surface area (Å²) in [6.07, 6.45) is -5.55. The molecule has 2 nitrogen and oxygen atoms in total. The molecular weight excluding hydrogens is 265 g/mol. The lowest BCUT2D eigenvalue weighted by Gasteiger charge is -2.03. The Balaban J connectivity index is 2.80.